The summed E-state index contributed by atoms with van der Waals surface area (Å²) in [5.74, 6) is 0.449. The predicted molar refractivity (Wildman–Crippen MR) is 137 cm³/mol. The van der Waals surface area contributed by atoms with Crippen LogP contribution in [-0.4, -0.2) is 15.7 Å². The van der Waals surface area contributed by atoms with Gasteiger partial charge in [-0.05, 0) is 73.4 Å². The second kappa shape index (κ2) is 10.9. The molecule has 1 aromatic heterocycles. The monoisotopic (exact) mass is 507 g/mol. The molecule has 5 nitrogen and oxygen atoms in total. The second-order valence-corrected chi connectivity index (χ2v) is 8.84. The molecular weight excluding hydrogens is 479 g/mol. The van der Waals surface area contributed by atoms with E-state index in [2.05, 4.69) is 17.3 Å². The zero-order valence-electron chi connectivity index (χ0n) is 20.9. The lowest BCUT2D eigenvalue weighted by Gasteiger charge is -2.11. The second-order valence-electron chi connectivity index (χ2n) is 8.84. The van der Waals surface area contributed by atoms with E-state index in [-0.39, 0.29) is 12.5 Å². The van der Waals surface area contributed by atoms with E-state index in [1.54, 1.807) is 42.8 Å². The number of nitrogens with one attached hydrogen (secondary N) is 1. The summed E-state index contributed by atoms with van der Waals surface area (Å²) in [6.07, 6.45) is -3.45. The SMILES string of the molecule is CCc1ccc(OCc2cccc(C(=O)Nc3c(C)nn(Cc4cccc(C(F)(F)F)c4)c3C)c2)cc1. The number of amides is 1. The molecule has 0 saturated heterocycles. The van der Waals surface area contributed by atoms with Crippen molar-refractivity contribution >= 4 is 11.6 Å². The molecule has 3 aromatic carbocycles. The van der Waals surface area contributed by atoms with Crippen molar-refractivity contribution in [2.75, 3.05) is 5.32 Å². The summed E-state index contributed by atoms with van der Waals surface area (Å²) in [6.45, 7) is 6.09. The highest BCUT2D eigenvalue weighted by molar-refractivity contribution is 6.05. The number of benzene rings is 3. The van der Waals surface area contributed by atoms with Gasteiger partial charge in [-0.15, -0.1) is 0 Å². The Morgan fingerprint density at radius 3 is 2.35 bits per heavy atom. The zero-order chi connectivity index (χ0) is 26.6. The first-order valence-electron chi connectivity index (χ1n) is 12.0. The van der Waals surface area contributed by atoms with Crippen LogP contribution in [0.4, 0.5) is 18.9 Å². The summed E-state index contributed by atoms with van der Waals surface area (Å²) < 4.78 is 46.7. The summed E-state index contributed by atoms with van der Waals surface area (Å²) in [6, 6.07) is 20.2. The number of ether oxygens (including phenoxy) is 1. The summed E-state index contributed by atoms with van der Waals surface area (Å²) in [5.41, 5.74) is 4.07. The van der Waals surface area contributed by atoms with Gasteiger partial charge in [0.2, 0.25) is 0 Å². The smallest absolute Gasteiger partial charge is 0.416 e. The Labute approximate surface area is 213 Å². The Morgan fingerprint density at radius 1 is 0.946 bits per heavy atom. The molecule has 8 heteroatoms. The van der Waals surface area contributed by atoms with E-state index < -0.39 is 11.7 Å². The molecule has 192 valence electrons. The third-order valence-corrected chi connectivity index (χ3v) is 6.13. The molecule has 0 aliphatic carbocycles. The maximum absolute atomic E-state index is 13.1. The molecule has 0 bridgehead atoms. The molecule has 4 aromatic rings. The van der Waals surface area contributed by atoms with Crippen molar-refractivity contribution in [1.82, 2.24) is 9.78 Å². The lowest BCUT2D eigenvalue weighted by molar-refractivity contribution is -0.137. The fraction of sp³-hybridized carbons (Fsp3) is 0.241. The molecule has 0 fully saturated rings. The topological polar surface area (TPSA) is 56.1 Å². The van der Waals surface area contributed by atoms with Gasteiger partial charge in [0.25, 0.3) is 5.91 Å². The van der Waals surface area contributed by atoms with Crippen LogP contribution in [0.25, 0.3) is 0 Å². The van der Waals surface area contributed by atoms with E-state index in [0.29, 0.717) is 34.8 Å². The van der Waals surface area contributed by atoms with Crippen molar-refractivity contribution in [2.45, 2.75) is 46.5 Å². The number of halogens is 3. The summed E-state index contributed by atoms with van der Waals surface area (Å²) in [7, 11) is 0. The van der Waals surface area contributed by atoms with Crippen LogP contribution in [0.2, 0.25) is 0 Å². The Hall–Kier alpha value is -4.07. The number of carbonyl (C=O) groups excluding carboxylic acids is 1. The van der Waals surface area contributed by atoms with E-state index in [1.807, 2.05) is 30.3 Å². The van der Waals surface area contributed by atoms with E-state index in [4.69, 9.17) is 4.74 Å². The third kappa shape index (κ3) is 6.39. The summed E-state index contributed by atoms with van der Waals surface area (Å²) >= 11 is 0. The maximum Gasteiger partial charge on any atom is 0.416 e. The average molecular weight is 508 g/mol. The fourth-order valence-corrected chi connectivity index (χ4v) is 4.03. The fourth-order valence-electron chi connectivity index (χ4n) is 4.03. The highest BCUT2D eigenvalue weighted by atomic mass is 19.4. The minimum atomic E-state index is -4.41. The van der Waals surface area contributed by atoms with Crippen LogP contribution in [0, 0.1) is 13.8 Å². The first-order valence-corrected chi connectivity index (χ1v) is 12.0. The zero-order valence-corrected chi connectivity index (χ0v) is 20.9. The molecule has 1 amide bonds. The molecule has 0 aliphatic rings. The molecule has 0 radical (unpaired) electrons. The molecule has 0 atom stereocenters. The summed E-state index contributed by atoms with van der Waals surface area (Å²) in [5, 5.41) is 7.34. The molecule has 1 N–H and O–H groups in total. The van der Waals surface area contributed by atoms with E-state index >= 15 is 0 Å². The van der Waals surface area contributed by atoms with Crippen LogP contribution in [0.1, 0.15) is 50.9 Å². The summed E-state index contributed by atoms with van der Waals surface area (Å²) in [4.78, 5) is 13.0. The van der Waals surface area contributed by atoms with Gasteiger partial charge in [-0.2, -0.15) is 18.3 Å². The minimum absolute atomic E-state index is 0.151. The largest absolute Gasteiger partial charge is 0.489 e. The van der Waals surface area contributed by atoms with Crippen molar-refractivity contribution in [3.63, 3.8) is 0 Å². The number of aromatic nitrogens is 2. The van der Waals surface area contributed by atoms with Gasteiger partial charge in [-0.3, -0.25) is 9.48 Å². The number of hydrogen-bond donors (Lipinski definition) is 1. The van der Waals surface area contributed by atoms with E-state index in [0.717, 1.165) is 29.9 Å². The minimum Gasteiger partial charge on any atom is -0.489 e. The van der Waals surface area contributed by atoms with Gasteiger partial charge in [0.1, 0.15) is 12.4 Å². The van der Waals surface area contributed by atoms with Crippen molar-refractivity contribution in [3.8, 4) is 5.75 Å². The van der Waals surface area contributed by atoms with Gasteiger partial charge in [0, 0.05) is 5.56 Å². The number of alkyl halides is 3. The van der Waals surface area contributed by atoms with Gasteiger partial charge in [0.05, 0.1) is 29.2 Å². The quantitative estimate of drug-likeness (QED) is 0.281. The molecule has 4 rings (SSSR count). The molecular formula is C29H28F3N3O2. The Morgan fingerprint density at radius 2 is 1.65 bits per heavy atom. The number of nitrogens with zero attached hydrogens (tertiary/aromatic N) is 2. The van der Waals surface area contributed by atoms with Gasteiger partial charge in [-0.1, -0.05) is 43.3 Å². The highest BCUT2D eigenvalue weighted by Crippen LogP contribution is 2.30. The van der Waals surface area contributed by atoms with Crippen LogP contribution in [0.3, 0.4) is 0 Å². The third-order valence-electron chi connectivity index (χ3n) is 6.13. The lowest BCUT2D eigenvalue weighted by atomic mass is 10.1. The van der Waals surface area contributed by atoms with E-state index in [9.17, 15) is 18.0 Å². The van der Waals surface area contributed by atoms with Crippen LogP contribution in [-0.2, 0) is 25.7 Å². The standard InChI is InChI=1S/C29H28F3N3O2/c1-4-21-11-13-26(14-12-21)37-18-23-8-5-9-24(15-23)28(36)33-27-19(2)34-35(20(27)3)17-22-7-6-10-25(16-22)29(30,31)32/h5-16H,4,17-18H2,1-3H3,(H,33,36). The Kier molecular flexibility index (Phi) is 7.66. The van der Waals surface area contributed by atoms with Crippen LogP contribution in [0.15, 0.2) is 72.8 Å². The predicted octanol–water partition coefficient (Wildman–Crippen LogP) is 6.96. The number of rotatable bonds is 8. The molecule has 1 heterocycles. The molecule has 0 saturated carbocycles. The van der Waals surface area contributed by atoms with Crippen molar-refractivity contribution in [3.05, 3.63) is 112 Å². The molecule has 0 spiro atoms. The van der Waals surface area contributed by atoms with Crippen molar-refractivity contribution < 1.29 is 22.7 Å². The molecule has 0 unspecified atom stereocenters. The highest BCUT2D eigenvalue weighted by Gasteiger charge is 2.30. The normalized spacial score (nSPS) is 11.4. The van der Waals surface area contributed by atoms with Crippen LogP contribution in [0.5, 0.6) is 5.75 Å². The Bertz CT molecular complexity index is 1390. The number of anilines is 1. The number of carbonyl (C=O) groups is 1. The van der Waals surface area contributed by atoms with Gasteiger partial charge in [0.15, 0.2) is 0 Å². The molecule has 0 aliphatic heterocycles. The van der Waals surface area contributed by atoms with Crippen LogP contribution < -0.4 is 10.1 Å². The molecule has 37 heavy (non-hydrogen) atoms. The first-order chi connectivity index (χ1) is 17.6. The van der Waals surface area contributed by atoms with Gasteiger partial charge in [-0.25, -0.2) is 0 Å². The van der Waals surface area contributed by atoms with Crippen molar-refractivity contribution in [1.29, 1.82) is 0 Å². The average Bonchev–Trinajstić information content (AvgIpc) is 3.14. The first kappa shape index (κ1) is 26.0. The Balaban J connectivity index is 1.44. The van der Waals surface area contributed by atoms with E-state index in [1.165, 1.54) is 11.6 Å². The number of aryl methyl sites for hydroxylation is 2. The van der Waals surface area contributed by atoms with Crippen molar-refractivity contribution in [2.24, 2.45) is 0 Å². The number of hydrogen-bond acceptors (Lipinski definition) is 3. The van der Waals surface area contributed by atoms with Gasteiger partial charge >= 0.3 is 6.18 Å². The van der Waals surface area contributed by atoms with Crippen LogP contribution >= 0.6 is 0 Å². The van der Waals surface area contributed by atoms with Gasteiger partial charge < -0.3 is 10.1 Å². The lowest BCUT2D eigenvalue weighted by Crippen LogP contribution is -2.14. The maximum atomic E-state index is 13.1.